The number of benzene rings is 1. The van der Waals surface area contributed by atoms with Gasteiger partial charge in [0.25, 0.3) is 0 Å². The lowest BCUT2D eigenvalue weighted by molar-refractivity contribution is 0.588. The normalized spacial score (nSPS) is 13.4. The maximum absolute atomic E-state index is 6.07. The fourth-order valence-electron chi connectivity index (χ4n) is 2.25. The minimum Gasteiger partial charge on any atom is -0.306 e. The second-order valence-corrected chi connectivity index (χ2v) is 7.75. The standard InChI is InChI=1S/C17H22ClNS/c1-5-19-16(14-10-11-15(18)20-14)12-6-8-13(9-7-12)17(2,3)4/h6-11,16,19H,5H2,1-4H3. The highest BCUT2D eigenvalue weighted by molar-refractivity contribution is 7.16. The van der Waals surface area contributed by atoms with Gasteiger partial charge in [-0.1, -0.05) is 63.6 Å². The van der Waals surface area contributed by atoms with E-state index in [2.05, 4.69) is 63.3 Å². The summed E-state index contributed by atoms with van der Waals surface area (Å²) >= 11 is 7.71. The van der Waals surface area contributed by atoms with Crippen LogP contribution in [0, 0.1) is 0 Å². The predicted octanol–water partition coefficient (Wildman–Crippen LogP) is 5.40. The maximum atomic E-state index is 6.07. The SMILES string of the molecule is CCNC(c1ccc(C(C)(C)C)cc1)c1ccc(Cl)s1. The third-order valence-corrected chi connectivity index (χ3v) is 4.69. The Hall–Kier alpha value is -0.830. The Kier molecular flexibility index (Phi) is 4.90. The summed E-state index contributed by atoms with van der Waals surface area (Å²) in [7, 11) is 0. The van der Waals surface area contributed by atoms with E-state index in [0.29, 0.717) is 0 Å². The summed E-state index contributed by atoms with van der Waals surface area (Å²) in [6, 6.07) is 13.2. The van der Waals surface area contributed by atoms with Gasteiger partial charge in [-0.2, -0.15) is 0 Å². The molecule has 0 spiro atoms. The summed E-state index contributed by atoms with van der Waals surface area (Å²) in [5.41, 5.74) is 2.84. The zero-order valence-corrected chi connectivity index (χ0v) is 14.1. The van der Waals surface area contributed by atoms with Crippen LogP contribution < -0.4 is 5.32 Å². The van der Waals surface area contributed by atoms with Gasteiger partial charge in [0.1, 0.15) is 0 Å². The average Bonchev–Trinajstić information content (AvgIpc) is 2.81. The quantitative estimate of drug-likeness (QED) is 0.797. The van der Waals surface area contributed by atoms with Crippen molar-refractivity contribution < 1.29 is 0 Å². The molecule has 0 bridgehead atoms. The summed E-state index contributed by atoms with van der Waals surface area (Å²) in [6.07, 6.45) is 0. The molecule has 0 aliphatic heterocycles. The smallest absolute Gasteiger partial charge is 0.0931 e. The van der Waals surface area contributed by atoms with Gasteiger partial charge in [-0.3, -0.25) is 0 Å². The first-order valence-corrected chi connectivity index (χ1v) is 8.20. The van der Waals surface area contributed by atoms with Crippen molar-refractivity contribution in [3.05, 3.63) is 56.7 Å². The molecule has 1 atom stereocenters. The molecule has 0 fully saturated rings. The highest BCUT2D eigenvalue weighted by Gasteiger charge is 2.17. The van der Waals surface area contributed by atoms with E-state index >= 15 is 0 Å². The molecule has 2 aromatic rings. The summed E-state index contributed by atoms with van der Waals surface area (Å²) < 4.78 is 0.842. The van der Waals surface area contributed by atoms with Crippen molar-refractivity contribution in [3.63, 3.8) is 0 Å². The van der Waals surface area contributed by atoms with Crippen LogP contribution in [0.15, 0.2) is 36.4 Å². The highest BCUT2D eigenvalue weighted by Crippen LogP contribution is 2.32. The number of hydrogen-bond acceptors (Lipinski definition) is 2. The zero-order valence-electron chi connectivity index (χ0n) is 12.5. The molecule has 0 aliphatic carbocycles. The first-order chi connectivity index (χ1) is 9.41. The zero-order chi connectivity index (χ0) is 14.8. The van der Waals surface area contributed by atoms with Crippen molar-refractivity contribution in [1.29, 1.82) is 0 Å². The Labute approximate surface area is 131 Å². The van der Waals surface area contributed by atoms with E-state index in [1.54, 1.807) is 11.3 Å². The number of nitrogens with one attached hydrogen (secondary N) is 1. The number of hydrogen-bond donors (Lipinski definition) is 1. The Balaban J connectivity index is 2.30. The molecule has 0 amide bonds. The number of thiophene rings is 1. The molecule has 108 valence electrons. The molecule has 2 rings (SSSR count). The van der Waals surface area contributed by atoms with E-state index in [9.17, 15) is 0 Å². The molecule has 1 heterocycles. The Bertz CT molecular complexity index is 551. The van der Waals surface area contributed by atoms with Crippen LogP contribution in [0.25, 0.3) is 0 Å². The fraction of sp³-hybridized carbons (Fsp3) is 0.412. The Morgan fingerprint density at radius 3 is 2.20 bits per heavy atom. The van der Waals surface area contributed by atoms with Gasteiger partial charge < -0.3 is 5.32 Å². The molecule has 0 aliphatic rings. The van der Waals surface area contributed by atoms with Crippen LogP contribution in [-0.2, 0) is 5.41 Å². The Morgan fingerprint density at radius 2 is 1.75 bits per heavy atom. The molecule has 20 heavy (non-hydrogen) atoms. The van der Waals surface area contributed by atoms with Crippen molar-refractivity contribution in [3.8, 4) is 0 Å². The lowest BCUT2D eigenvalue weighted by Gasteiger charge is -2.21. The molecule has 0 radical (unpaired) electrons. The predicted molar refractivity (Wildman–Crippen MR) is 90.0 cm³/mol. The van der Waals surface area contributed by atoms with Crippen molar-refractivity contribution in [1.82, 2.24) is 5.32 Å². The Morgan fingerprint density at radius 1 is 1.10 bits per heavy atom. The van der Waals surface area contributed by atoms with Gasteiger partial charge in [0.05, 0.1) is 10.4 Å². The molecular formula is C17H22ClNS. The van der Waals surface area contributed by atoms with Gasteiger partial charge in [0.2, 0.25) is 0 Å². The van der Waals surface area contributed by atoms with E-state index in [1.165, 1.54) is 16.0 Å². The second-order valence-electron chi connectivity index (χ2n) is 6.00. The third-order valence-electron chi connectivity index (χ3n) is 3.40. The van der Waals surface area contributed by atoms with Crippen LogP contribution in [0.2, 0.25) is 4.34 Å². The van der Waals surface area contributed by atoms with Gasteiger partial charge in [-0.25, -0.2) is 0 Å². The van der Waals surface area contributed by atoms with E-state index in [4.69, 9.17) is 11.6 Å². The van der Waals surface area contributed by atoms with Gasteiger partial charge in [0, 0.05) is 4.88 Å². The molecule has 1 aromatic carbocycles. The van der Waals surface area contributed by atoms with Crippen LogP contribution in [0.5, 0.6) is 0 Å². The van der Waals surface area contributed by atoms with Gasteiger partial charge in [0.15, 0.2) is 0 Å². The van der Waals surface area contributed by atoms with E-state index < -0.39 is 0 Å². The van der Waals surface area contributed by atoms with Crippen LogP contribution in [-0.4, -0.2) is 6.54 Å². The number of rotatable bonds is 4. The van der Waals surface area contributed by atoms with Crippen molar-refractivity contribution >= 4 is 22.9 Å². The topological polar surface area (TPSA) is 12.0 Å². The lowest BCUT2D eigenvalue weighted by Crippen LogP contribution is -2.21. The van der Waals surface area contributed by atoms with E-state index in [0.717, 1.165) is 10.9 Å². The minimum atomic E-state index is 0.193. The molecule has 1 aromatic heterocycles. The minimum absolute atomic E-state index is 0.193. The summed E-state index contributed by atoms with van der Waals surface area (Å²) in [5, 5.41) is 3.54. The second kappa shape index (κ2) is 6.30. The summed E-state index contributed by atoms with van der Waals surface area (Å²) in [6.45, 7) is 9.78. The summed E-state index contributed by atoms with van der Waals surface area (Å²) in [5.74, 6) is 0. The van der Waals surface area contributed by atoms with Gasteiger partial charge in [-0.05, 0) is 35.2 Å². The van der Waals surface area contributed by atoms with Crippen molar-refractivity contribution in [2.24, 2.45) is 0 Å². The van der Waals surface area contributed by atoms with Crippen LogP contribution in [0.1, 0.15) is 49.7 Å². The number of halogens is 1. The van der Waals surface area contributed by atoms with Crippen molar-refractivity contribution in [2.45, 2.75) is 39.2 Å². The van der Waals surface area contributed by atoms with Gasteiger partial charge in [-0.15, -0.1) is 11.3 Å². The third kappa shape index (κ3) is 3.63. The van der Waals surface area contributed by atoms with Gasteiger partial charge >= 0.3 is 0 Å². The first kappa shape index (κ1) is 15.6. The summed E-state index contributed by atoms with van der Waals surface area (Å²) in [4.78, 5) is 1.26. The lowest BCUT2D eigenvalue weighted by atomic mass is 9.86. The molecule has 1 N–H and O–H groups in total. The average molecular weight is 308 g/mol. The van der Waals surface area contributed by atoms with E-state index in [1.807, 2.05) is 6.07 Å². The van der Waals surface area contributed by atoms with Crippen LogP contribution in [0.4, 0.5) is 0 Å². The molecule has 0 saturated heterocycles. The highest BCUT2D eigenvalue weighted by atomic mass is 35.5. The van der Waals surface area contributed by atoms with E-state index in [-0.39, 0.29) is 11.5 Å². The van der Waals surface area contributed by atoms with Crippen LogP contribution in [0.3, 0.4) is 0 Å². The molecule has 1 unspecified atom stereocenters. The largest absolute Gasteiger partial charge is 0.306 e. The molecular weight excluding hydrogens is 286 g/mol. The maximum Gasteiger partial charge on any atom is 0.0931 e. The monoisotopic (exact) mass is 307 g/mol. The molecule has 3 heteroatoms. The molecule has 0 saturated carbocycles. The molecule has 1 nitrogen and oxygen atoms in total. The first-order valence-electron chi connectivity index (χ1n) is 7.01. The van der Waals surface area contributed by atoms with Crippen molar-refractivity contribution in [2.75, 3.05) is 6.54 Å². The fourth-order valence-corrected chi connectivity index (χ4v) is 3.41. The van der Waals surface area contributed by atoms with Crippen LogP contribution >= 0.6 is 22.9 Å².